The molecule has 12 heteroatoms. The standard InChI is InChI=1S/C34H55N5O7.C3H8/c1-8-17-35-30(43)27(41)24(19-22-12-13-22)37-29(42)26-23(21(2)3)14-18-39(26)31(44)28(34(7)15-10-9-11-16-34)38-32(45)36-20-25(40)46-33(4,5)6;1-3-2/h8,21-24,26,28H,1,9-20H2,2-7H3,(H,35,43)(H,37,42)(H2,36,38,45);3H2,1-2H3/t23?,24?,26-,28?;/m0./s1. The Hall–Kier alpha value is -3.44. The van der Waals surface area contributed by atoms with Crippen molar-refractivity contribution in [1.82, 2.24) is 26.2 Å². The van der Waals surface area contributed by atoms with Gasteiger partial charge in [0.1, 0.15) is 24.2 Å². The number of likely N-dealkylation sites (tertiary alicyclic amines) is 1. The van der Waals surface area contributed by atoms with Crippen molar-refractivity contribution in [3.63, 3.8) is 0 Å². The fourth-order valence-electron chi connectivity index (χ4n) is 6.74. The molecule has 1 saturated heterocycles. The fraction of sp³-hybridized carbons (Fsp3) is 0.784. The second-order valence-electron chi connectivity index (χ2n) is 15.5. The van der Waals surface area contributed by atoms with E-state index in [-0.39, 0.29) is 36.8 Å². The summed E-state index contributed by atoms with van der Waals surface area (Å²) in [5, 5.41) is 10.8. The highest BCUT2D eigenvalue weighted by Crippen LogP contribution is 2.41. The third-order valence-corrected chi connectivity index (χ3v) is 9.41. The number of nitrogens with one attached hydrogen (secondary N) is 4. The van der Waals surface area contributed by atoms with Gasteiger partial charge >= 0.3 is 12.0 Å². The molecule has 0 aromatic heterocycles. The summed E-state index contributed by atoms with van der Waals surface area (Å²) in [6, 6.07) is -3.49. The maximum Gasteiger partial charge on any atom is 0.325 e. The summed E-state index contributed by atoms with van der Waals surface area (Å²) >= 11 is 0. The Balaban J connectivity index is 0.00000267. The van der Waals surface area contributed by atoms with Gasteiger partial charge in [0.2, 0.25) is 17.6 Å². The molecule has 3 aliphatic rings. The van der Waals surface area contributed by atoms with E-state index >= 15 is 0 Å². The topological polar surface area (TPSA) is 163 Å². The predicted molar refractivity (Wildman–Crippen MR) is 189 cm³/mol. The van der Waals surface area contributed by atoms with E-state index in [1.54, 1.807) is 25.7 Å². The Kier molecular flexibility index (Phi) is 16.3. The number of carbonyl (C=O) groups excluding carboxylic acids is 6. The van der Waals surface area contributed by atoms with E-state index in [1.165, 1.54) is 12.5 Å². The second-order valence-corrected chi connectivity index (χ2v) is 15.5. The number of amides is 5. The molecule has 3 fully saturated rings. The zero-order chi connectivity index (χ0) is 36.9. The third-order valence-electron chi connectivity index (χ3n) is 9.41. The number of carbonyl (C=O) groups is 6. The van der Waals surface area contributed by atoms with Crippen LogP contribution in [0.4, 0.5) is 4.79 Å². The molecule has 4 atom stereocenters. The van der Waals surface area contributed by atoms with Crippen molar-refractivity contribution in [3.8, 4) is 0 Å². The van der Waals surface area contributed by atoms with E-state index in [2.05, 4.69) is 41.7 Å². The zero-order valence-corrected chi connectivity index (χ0v) is 31.2. The first-order valence-corrected chi connectivity index (χ1v) is 18.3. The SMILES string of the molecule is C=CCNC(=O)C(=O)C(CC1CC1)NC(=O)[C@@H]1C(C(C)C)CCN1C(=O)C(NC(=O)NCC(=O)OC(C)(C)C)C1(C)CCCCC1.CCC. The average Bonchev–Trinajstić information content (AvgIpc) is 3.73. The largest absolute Gasteiger partial charge is 0.459 e. The van der Waals surface area contributed by atoms with Crippen LogP contribution in [-0.2, 0) is 28.7 Å². The van der Waals surface area contributed by atoms with Crippen LogP contribution < -0.4 is 21.3 Å². The lowest BCUT2D eigenvalue weighted by Crippen LogP contribution is -2.62. The van der Waals surface area contributed by atoms with Crippen LogP contribution >= 0.6 is 0 Å². The minimum atomic E-state index is -1.00. The molecule has 0 aromatic carbocycles. The molecule has 5 amide bonds. The number of ketones is 1. The third kappa shape index (κ3) is 13.1. The van der Waals surface area contributed by atoms with Gasteiger partial charge < -0.3 is 30.9 Å². The number of Topliss-reactive ketones (excluding diaryl/α,β-unsaturated/α-hetero) is 1. The first-order chi connectivity index (χ1) is 23.0. The quantitative estimate of drug-likeness (QED) is 0.119. The van der Waals surface area contributed by atoms with Crippen molar-refractivity contribution >= 4 is 35.5 Å². The summed E-state index contributed by atoms with van der Waals surface area (Å²) in [6.45, 7) is 19.1. The highest BCUT2D eigenvalue weighted by molar-refractivity contribution is 6.38. The average molecular weight is 690 g/mol. The molecule has 2 saturated carbocycles. The van der Waals surface area contributed by atoms with Crippen LogP contribution in [0.2, 0.25) is 0 Å². The first kappa shape index (κ1) is 41.7. The summed E-state index contributed by atoms with van der Waals surface area (Å²) < 4.78 is 5.29. The molecular formula is C37H63N5O7. The minimum Gasteiger partial charge on any atom is -0.459 e. The van der Waals surface area contributed by atoms with Crippen molar-refractivity contribution in [2.24, 2.45) is 23.2 Å². The number of rotatable bonds is 14. The smallest absolute Gasteiger partial charge is 0.325 e. The summed E-state index contributed by atoms with van der Waals surface area (Å²) in [5.74, 6) is -2.81. The van der Waals surface area contributed by atoms with Gasteiger partial charge in [-0.25, -0.2) is 4.79 Å². The molecule has 0 aromatic rings. The number of esters is 1. The van der Waals surface area contributed by atoms with Gasteiger partial charge in [-0.15, -0.1) is 6.58 Å². The first-order valence-electron chi connectivity index (χ1n) is 18.3. The van der Waals surface area contributed by atoms with Gasteiger partial charge in [0, 0.05) is 13.1 Å². The normalized spacial score (nSPS) is 21.3. The highest BCUT2D eigenvalue weighted by Gasteiger charge is 2.50. The van der Waals surface area contributed by atoms with Crippen molar-refractivity contribution in [2.45, 2.75) is 143 Å². The van der Waals surface area contributed by atoms with Crippen molar-refractivity contribution in [3.05, 3.63) is 12.7 Å². The molecule has 278 valence electrons. The van der Waals surface area contributed by atoms with Gasteiger partial charge in [0.05, 0.1) is 6.04 Å². The van der Waals surface area contributed by atoms with Crippen molar-refractivity contribution in [2.75, 3.05) is 19.6 Å². The molecule has 4 N–H and O–H groups in total. The zero-order valence-electron chi connectivity index (χ0n) is 31.2. The lowest BCUT2D eigenvalue weighted by Gasteiger charge is -2.42. The van der Waals surface area contributed by atoms with Gasteiger partial charge in [-0.1, -0.05) is 79.2 Å². The second kappa shape index (κ2) is 19.1. The van der Waals surface area contributed by atoms with Crippen molar-refractivity contribution in [1.29, 1.82) is 0 Å². The van der Waals surface area contributed by atoms with E-state index in [0.29, 0.717) is 32.2 Å². The molecule has 3 unspecified atom stereocenters. The number of hydrogen-bond acceptors (Lipinski definition) is 7. The summed E-state index contributed by atoms with van der Waals surface area (Å²) in [6.07, 6.45) is 9.79. The van der Waals surface area contributed by atoms with E-state index in [0.717, 1.165) is 32.1 Å². The maximum atomic E-state index is 14.5. The predicted octanol–water partition coefficient (Wildman–Crippen LogP) is 4.41. The van der Waals surface area contributed by atoms with Gasteiger partial charge in [0.15, 0.2) is 0 Å². The van der Waals surface area contributed by atoms with Crippen LogP contribution in [0.25, 0.3) is 0 Å². The maximum absolute atomic E-state index is 14.5. The lowest BCUT2D eigenvalue weighted by molar-refractivity contribution is -0.153. The number of urea groups is 1. The van der Waals surface area contributed by atoms with Crippen molar-refractivity contribution < 1.29 is 33.5 Å². The van der Waals surface area contributed by atoms with Crippen LogP contribution in [0.5, 0.6) is 0 Å². The molecule has 1 heterocycles. The van der Waals surface area contributed by atoms with Crippen LogP contribution in [0.3, 0.4) is 0 Å². The fourth-order valence-corrected chi connectivity index (χ4v) is 6.74. The molecule has 0 bridgehead atoms. The van der Waals surface area contributed by atoms with Gasteiger partial charge in [-0.3, -0.25) is 24.0 Å². The Morgan fingerprint density at radius 2 is 1.57 bits per heavy atom. The van der Waals surface area contributed by atoms with Gasteiger partial charge in [0.25, 0.3) is 5.91 Å². The van der Waals surface area contributed by atoms with Crippen LogP contribution in [-0.4, -0.2) is 83.8 Å². The summed E-state index contributed by atoms with van der Waals surface area (Å²) in [7, 11) is 0. The van der Waals surface area contributed by atoms with E-state index in [9.17, 15) is 28.8 Å². The van der Waals surface area contributed by atoms with Crippen LogP contribution in [0.1, 0.15) is 120 Å². The van der Waals surface area contributed by atoms with E-state index in [4.69, 9.17) is 4.74 Å². The lowest BCUT2D eigenvalue weighted by atomic mass is 9.70. The van der Waals surface area contributed by atoms with Gasteiger partial charge in [-0.2, -0.15) is 0 Å². The van der Waals surface area contributed by atoms with Gasteiger partial charge in [-0.05, 0) is 69.6 Å². The molecule has 0 spiro atoms. The Morgan fingerprint density at radius 3 is 2.10 bits per heavy atom. The van der Waals surface area contributed by atoms with Crippen LogP contribution in [0, 0.1) is 23.2 Å². The molecule has 0 radical (unpaired) electrons. The Bertz CT molecular complexity index is 1170. The molecule has 2 aliphatic carbocycles. The van der Waals surface area contributed by atoms with E-state index < -0.39 is 58.7 Å². The minimum absolute atomic E-state index is 0.0517. The summed E-state index contributed by atoms with van der Waals surface area (Å²) in [4.78, 5) is 81.2. The van der Waals surface area contributed by atoms with E-state index in [1.807, 2.05) is 20.8 Å². The number of hydrogen-bond donors (Lipinski definition) is 4. The number of nitrogens with zero attached hydrogens (tertiary/aromatic N) is 1. The molecule has 3 rings (SSSR count). The number of ether oxygens (including phenoxy) is 1. The Labute approximate surface area is 293 Å². The molecule has 49 heavy (non-hydrogen) atoms. The summed E-state index contributed by atoms with van der Waals surface area (Å²) in [5.41, 5.74) is -1.28. The van der Waals surface area contributed by atoms with Crippen LogP contribution in [0.15, 0.2) is 12.7 Å². The molecule has 1 aliphatic heterocycles. The molecular weight excluding hydrogens is 626 g/mol. The molecule has 12 nitrogen and oxygen atoms in total. The highest BCUT2D eigenvalue weighted by atomic mass is 16.6. The monoisotopic (exact) mass is 689 g/mol. The Morgan fingerprint density at radius 1 is 0.959 bits per heavy atom.